The molecule has 0 saturated heterocycles. The lowest BCUT2D eigenvalue weighted by atomic mass is 10.2. The number of hydrogen-bond acceptors (Lipinski definition) is 2. The highest BCUT2D eigenvalue weighted by molar-refractivity contribution is 14.1. The van der Waals surface area contributed by atoms with Gasteiger partial charge in [-0.25, -0.2) is 0 Å². The van der Waals surface area contributed by atoms with Crippen molar-refractivity contribution in [1.29, 1.82) is 0 Å². The first kappa shape index (κ1) is 12.8. The number of hydrogen-bond donors (Lipinski definition) is 1. The Hall–Kier alpha value is -0.680. The molecule has 0 amide bonds. The fourth-order valence-electron chi connectivity index (χ4n) is 1.56. The summed E-state index contributed by atoms with van der Waals surface area (Å²) in [6.45, 7) is 2.19. The second kappa shape index (κ2) is 5.78. The molecule has 88 valence electrons. The molecule has 2 aromatic rings. The van der Waals surface area contributed by atoms with Crippen molar-refractivity contribution in [2.24, 2.45) is 0 Å². The van der Waals surface area contributed by atoms with E-state index in [9.17, 15) is 0 Å². The standard InChI is InChI=1S/C14H14INS/c1-2-10-9-13(7-8-14(10)15)17-12-5-3-11(16)4-6-12/h3-9H,2,16H2,1H3. The summed E-state index contributed by atoms with van der Waals surface area (Å²) in [6.07, 6.45) is 1.08. The second-order valence-corrected chi connectivity index (χ2v) is 6.09. The van der Waals surface area contributed by atoms with Gasteiger partial charge in [0.05, 0.1) is 0 Å². The molecule has 0 aliphatic heterocycles. The van der Waals surface area contributed by atoms with Crippen molar-refractivity contribution < 1.29 is 0 Å². The van der Waals surface area contributed by atoms with Gasteiger partial charge in [-0.2, -0.15) is 0 Å². The summed E-state index contributed by atoms with van der Waals surface area (Å²) in [6, 6.07) is 14.6. The monoisotopic (exact) mass is 355 g/mol. The maximum Gasteiger partial charge on any atom is 0.0314 e. The first-order valence-corrected chi connectivity index (χ1v) is 7.40. The predicted octanol–water partition coefficient (Wildman–Crippen LogP) is 4.59. The summed E-state index contributed by atoms with van der Waals surface area (Å²) >= 11 is 4.16. The first-order chi connectivity index (χ1) is 8.19. The lowest BCUT2D eigenvalue weighted by Crippen LogP contribution is -1.86. The Morgan fingerprint density at radius 3 is 2.35 bits per heavy atom. The molecule has 2 rings (SSSR count). The zero-order valence-corrected chi connectivity index (χ0v) is 12.6. The Labute approximate surface area is 120 Å². The van der Waals surface area contributed by atoms with Gasteiger partial charge in [0.2, 0.25) is 0 Å². The summed E-state index contributed by atoms with van der Waals surface area (Å²) in [5.74, 6) is 0. The molecule has 0 radical (unpaired) electrons. The van der Waals surface area contributed by atoms with Gasteiger partial charge in [0.15, 0.2) is 0 Å². The first-order valence-electron chi connectivity index (χ1n) is 5.51. The zero-order valence-electron chi connectivity index (χ0n) is 9.61. The van der Waals surface area contributed by atoms with Gasteiger partial charge in [0.25, 0.3) is 0 Å². The molecule has 0 atom stereocenters. The van der Waals surface area contributed by atoms with Crippen LogP contribution in [0.1, 0.15) is 12.5 Å². The minimum Gasteiger partial charge on any atom is -0.399 e. The average molecular weight is 355 g/mol. The number of benzene rings is 2. The SMILES string of the molecule is CCc1cc(Sc2ccc(N)cc2)ccc1I. The van der Waals surface area contributed by atoms with Gasteiger partial charge in [-0.15, -0.1) is 0 Å². The quantitative estimate of drug-likeness (QED) is 0.644. The Morgan fingerprint density at radius 1 is 1.06 bits per heavy atom. The molecule has 1 nitrogen and oxygen atoms in total. The van der Waals surface area contributed by atoms with Crippen molar-refractivity contribution in [2.45, 2.75) is 23.1 Å². The maximum atomic E-state index is 5.68. The van der Waals surface area contributed by atoms with Gasteiger partial charge in [0.1, 0.15) is 0 Å². The zero-order chi connectivity index (χ0) is 12.3. The predicted molar refractivity (Wildman–Crippen MR) is 83.5 cm³/mol. The van der Waals surface area contributed by atoms with E-state index >= 15 is 0 Å². The fourth-order valence-corrected chi connectivity index (χ4v) is 3.16. The third-order valence-corrected chi connectivity index (χ3v) is 4.56. The van der Waals surface area contributed by atoms with Crippen LogP contribution in [0.3, 0.4) is 0 Å². The Balaban J connectivity index is 2.21. The molecule has 0 fully saturated rings. The minimum atomic E-state index is 0.811. The second-order valence-electron chi connectivity index (χ2n) is 3.78. The van der Waals surface area contributed by atoms with E-state index in [0.29, 0.717) is 0 Å². The normalized spacial score (nSPS) is 10.5. The topological polar surface area (TPSA) is 26.0 Å². The van der Waals surface area contributed by atoms with Crippen molar-refractivity contribution in [3.05, 3.63) is 51.6 Å². The number of rotatable bonds is 3. The molecule has 0 aromatic heterocycles. The van der Waals surface area contributed by atoms with Gasteiger partial charge >= 0.3 is 0 Å². The van der Waals surface area contributed by atoms with E-state index in [2.05, 4.69) is 59.8 Å². The van der Waals surface area contributed by atoms with E-state index < -0.39 is 0 Å². The molecule has 0 saturated carbocycles. The highest BCUT2D eigenvalue weighted by atomic mass is 127. The van der Waals surface area contributed by atoms with E-state index in [1.807, 2.05) is 12.1 Å². The molecular weight excluding hydrogens is 341 g/mol. The molecule has 0 unspecified atom stereocenters. The van der Waals surface area contributed by atoms with Gasteiger partial charge < -0.3 is 5.73 Å². The van der Waals surface area contributed by atoms with Crippen LogP contribution in [-0.2, 0) is 6.42 Å². The van der Waals surface area contributed by atoms with Crippen LogP contribution in [0.15, 0.2) is 52.3 Å². The molecular formula is C14H14INS. The molecule has 0 heterocycles. The Bertz CT molecular complexity index is 508. The van der Waals surface area contributed by atoms with Crippen LogP contribution in [0.25, 0.3) is 0 Å². The third-order valence-electron chi connectivity index (χ3n) is 2.51. The smallest absolute Gasteiger partial charge is 0.0314 e. The Kier molecular flexibility index (Phi) is 4.34. The van der Waals surface area contributed by atoms with Crippen LogP contribution >= 0.6 is 34.4 Å². The van der Waals surface area contributed by atoms with Gasteiger partial charge in [-0.05, 0) is 77.0 Å². The third kappa shape index (κ3) is 3.39. The molecule has 2 aromatic carbocycles. The number of aryl methyl sites for hydroxylation is 1. The highest BCUT2D eigenvalue weighted by Crippen LogP contribution is 2.30. The lowest BCUT2D eigenvalue weighted by molar-refractivity contribution is 1.11. The number of halogens is 1. The van der Waals surface area contributed by atoms with Crippen LogP contribution < -0.4 is 5.73 Å². The van der Waals surface area contributed by atoms with Crippen molar-refractivity contribution in [3.63, 3.8) is 0 Å². The van der Waals surface area contributed by atoms with Gasteiger partial charge in [0, 0.05) is 19.0 Å². The van der Waals surface area contributed by atoms with E-state index in [1.54, 1.807) is 11.8 Å². The molecule has 0 bridgehead atoms. The van der Waals surface area contributed by atoms with Gasteiger partial charge in [-0.1, -0.05) is 18.7 Å². The summed E-state index contributed by atoms with van der Waals surface area (Å²) in [5.41, 5.74) is 7.89. The van der Waals surface area contributed by atoms with Crippen molar-refractivity contribution in [2.75, 3.05) is 5.73 Å². The van der Waals surface area contributed by atoms with E-state index in [-0.39, 0.29) is 0 Å². The molecule has 0 spiro atoms. The maximum absolute atomic E-state index is 5.68. The Morgan fingerprint density at radius 2 is 1.71 bits per heavy atom. The van der Waals surface area contributed by atoms with Crippen LogP contribution in [0.5, 0.6) is 0 Å². The summed E-state index contributed by atoms with van der Waals surface area (Å²) in [5, 5.41) is 0. The summed E-state index contributed by atoms with van der Waals surface area (Å²) in [4.78, 5) is 2.51. The van der Waals surface area contributed by atoms with Crippen molar-refractivity contribution >= 4 is 40.0 Å². The molecule has 17 heavy (non-hydrogen) atoms. The van der Waals surface area contributed by atoms with E-state index in [4.69, 9.17) is 5.73 Å². The number of nitrogens with two attached hydrogens (primary N) is 1. The summed E-state index contributed by atoms with van der Waals surface area (Å²) in [7, 11) is 0. The molecule has 0 aliphatic rings. The van der Waals surface area contributed by atoms with Gasteiger partial charge in [-0.3, -0.25) is 0 Å². The van der Waals surface area contributed by atoms with E-state index in [1.165, 1.54) is 18.9 Å². The minimum absolute atomic E-state index is 0.811. The lowest BCUT2D eigenvalue weighted by Gasteiger charge is -2.06. The summed E-state index contributed by atoms with van der Waals surface area (Å²) < 4.78 is 1.34. The average Bonchev–Trinajstić information content (AvgIpc) is 2.34. The molecule has 3 heteroatoms. The van der Waals surface area contributed by atoms with Crippen LogP contribution in [-0.4, -0.2) is 0 Å². The van der Waals surface area contributed by atoms with Crippen molar-refractivity contribution in [1.82, 2.24) is 0 Å². The highest BCUT2D eigenvalue weighted by Gasteiger charge is 2.01. The van der Waals surface area contributed by atoms with E-state index in [0.717, 1.165) is 12.1 Å². The number of anilines is 1. The van der Waals surface area contributed by atoms with Crippen LogP contribution in [0.2, 0.25) is 0 Å². The van der Waals surface area contributed by atoms with Crippen molar-refractivity contribution in [3.8, 4) is 0 Å². The van der Waals surface area contributed by atoms with Crippen LogP contribution in [0, 0.1) is 3.57 Å². The van der Waals surface area contributed by atoms with Crippen LogP contribution in [0.4, 0.5) is 5.69 Å². The molecule has 2 N–H and O–H groups in total. The molecule has 0 aliphatic carbocycles. The fraction of sp³-hybridized carbons (Fsp3) is 0.143. The number of nitrogen functional groups attached to an aromatic ring is 1. The largest absolute Gasteiger partial charge is 0.399 e.